The van der Waals surface area contributed by atoms with Crippen LogP contribution >= 0.6 is 11.8 Å². The third-order valence-corrected chi connectivity index (χ3v) is 5.47. The van der Waals surface area contributed by atoms with Crippen molar-refractivity contribution in [1.82, 2.24) is 14.9 Å². The Morgan fingerprint density at radius 1 is 1.13 bits per heavy atom. The molecule has 0 saturated heterocycles. The zero-order chi connectivity index (χ0) is 21.5. The molecule has 30 heavy (non-hydrogen) atoms. The fourth-order valence-corrected chi connectivity index (χ4v) is 3.87. The molecule has 0 fully saturated rings. The van der Waals surface area contributed by atoms with Gasteiger partial charge in [-0.3, -0.25) is 14.2 Å². The number of aromatic nitrogens is 2. The summed E-state index contributed by atoms with van der Waals surface area (Å²) in [6, 6.07) is 15.1. The van der Waals surface area contributed by atoms with E-state index in [1.165, 1.54) is 17.3 Å². The van der Waals surface area contributed by atoms with Gasteiger partial charge in [0.15, 0.2) is 5.16 Å². The smallest absolute Gasteiger partial charge is 0.251 e. The van der Waals surface area contributed by atoms with Crippen LogP contribution in [-0.2, 0) is 4.79 Å². The van der Waals surface area contributed by atoms with Crippen molar-refractivity contribution in [2.45, 2.75) is 31.8 Å². The first-order valence-corrected chi connectivity index (χ1v) is 10.9. The maximum atomic E-state index is 12.5. The minimum absolute atomic E-state index is 0.153. The average molecular weight is 423 g/mol. The molecule has 1 aromatic heterocycles. The summed E-state index contributed by atoms with van der Waals surface area (Å²) in [6.45, 7) is 6.73. The molecule has 0 aliphatic carbocycles. The predicted octanol–water partition coefficient (Wildman–Crippen LogP) is 4.48. The van der Waals surface area contributed by atoms with Crippen LogP contribution in [0.25, 0.3) is 5.69 Å². The Kier molecular flexibility index (Phi) is 7.30. The third-order valence-electron chi connectivity index (χ3n) is 4.50. The number of anilines is 1. The molecule has 1 heterocycles. The summed E-state index contributed by atoms with van der Waals surface area (Å²) in [6.07, 6.45) is 3.66. The molecule has 0 unspecified atom stereocenters. The van der Waals surface area contributed by atoms with E-state index in [2.05, 4.69) is 41.6 Å². The largest absolute Gasteiger partial charge is 0.352 e. The van der Waals surface area contributed by atoms with Gasteiger partial charge in [-0.25, -0.2) is 4.98 Å². The second-order valence-corrected chi connectivity index (χ2v) is 8.01. The Labute approximate surface area is 181 Å². The highest BCUT2D eigenvalue weighted by atomic mass is 32.2. The van der Waals surface area contributed by atoms with Gasteiger partial charge in [-0.1, -0.05) is 49.9 Å². The number of rotatable bonds is 8. The lowest BCUT2D eigenvalue weighted by Crippen LogP contribution is -2.23. The van der Waals surface area contributed by atoms with E-state index in [4.69, 9.17) is 0 Å². The summed E-state index contributed by atoms with van der Waals surface area (Å²) >= 11 is 1.38. The van der Waals surface area contributed by atoms with Crippen LogP contribution in [0.1, 0.15) is 42.6 Å². The first kappa shape index (κ1) is 21.6. The molecule has 2 aromatic carbocycles. The molecule has 0 bridgehead atoms. The number of thioether (sulfide) groups is 1. The molecule has 7 heteroatoms. The van der Waals surface area contributed by atoms with Crippen molar-refractivity contribution in [2.75, 3.05) is 17.6 Å². The van der Waals surface area contributed by atoms with E-state index in [1.54, 1.807) is 30.5 Å². The second-order valence-electron chi connectivity index (χ2n) is 7.07. The summed E-state index contributed by atoms with van der Waals surface area (Å²) in [5, 5.41) is 6.37. The Balaban J connectivity index is 1.67. The van der Waals surface area contributed by atoms with Crippen molar-refractivity contribution in [2.24, 2.45) is 0 Å². The van der Waals surface area contributed by atoms with Gasteiger partial charge < -0.3 is 10.6 Å². The zero-order valence-corrected chi connectivity index (χ0v) is 18.2. The molecule has 3 rings (SSSR count). The number of hydrogen-bond donors (Lipinski definition) is 2. The van der Waals surface area contributed by atoms with Gasteiger partial charge in [0.05, 0.1) is 11.4 Å². The van der Waals surface area contributed by atoms with E-state index in [9.17, 15) is 9.59 Å². The maximum absolute atomic E-state index is 12.5. The molecule has 2 N–H and O–H groups in total. The maximum Gasteiger partial charge on any atom is 0.251 e. The first-order chi connectivity index (χ1) is 14.5. The van der Waals surface area contributed by atoms with Gasteiger partial charge in [0.25, 0.3) is 5.91 Å². The quantitative estimate of drug-likeness (QED) is 0.525. The van der Waals surface area contributed by atoms with Crippen LogP contribution in [0.3, 0.4) is 0 Å². The van der Waals surface area contributed by atoms with Crippen molar-refractivity contribution >= 4 is 29.3 Å². The molecular formula is C23H26N4O2S. The summed E-state index contributed by atoms with van der Waals surface area (Å²) in [4.78, 5) is 28.9. The SMILES string of the molecule is CCNC(=O)c1cccc(NC(=O)CSc2nccn2-c2ccccc2C(C)C)c1. The number of carbonyl (C=O) groups is 2. The average Bonchev–Trinajstić information content (AvgIpc) is 3.21. The molecule has 3 aromatic rings. The first-order valence-electron chi connectivity index (χ1n) is 9.93. The minimum Gasteiger partial charge on any atom is -0.352 e. The van der Waals surface area contributed by atoms with E-state index in [-0.39, 0.29) is 17.6 Å². The molecule has 0 aliphatic rings. The van der Waals surface area contributed by atoms with Crippen molar-refractivity contribution in [3.8, 4) is 5.69 Å². The Morgan fingerprint density at radius 2 is 1.93 bits per heavy atom. The van der Waals surface area contributed by atoms with Gasteiger partial charge in [-0.05, 0) is 42.7 Å². The highest BCUT2D eigenvalue weighted by Gasteiger charge is 2.14. The minimum atomic E-state index is -0.159. The van der Waals surface area contributed by atoms with Crippen LogP contribution < -0.4 is 10.6 Å². The van der Waals surface area contributed by atoms with Gasteiger partial charge in [-0.2, -0.15) is 0 Å². The molecule has 0 spiro atoms. The summed E-state index contributed by atoms with van der Waals surface area (Å²) in [5.41, 5.74) is 3.41. The van der Waals surface area contributed by atoms with Crippen LogP contribution in [-0.4, -0.2) is 33.7 Å². The number of nitrogens with zero attached hydrogens (tertiary/aromatic N) is 2. The molecule has 0 saturated carbocycles. The summed E-state index contributed by atoms with van der Waals surface area (Å²) in [7, 11) is 0. The van der Waals surface area contributed by atoms with Crippen molar-refractivity contribution in [3.05, 3.63) is 72.1 Å². The number of imidazole rings is 1. The van der Waals surface area contributed by atoms with E-state index in [1.807, 2.05) is 29.8 Å². The number of benzene rings is 2. The topological polar surface area (TPSA) is 76.0 Å². The van der Waals surface area contributed by atoms with Crippen molar-refractivity contribution in [3.63, 3.8) is 0 Å². The molecule has 0 aliphatic heterocycles. The molecular weight excluding hydrogens is 396 g/mol. The third kappa shape index (κ3) is 5.30. The van der Waals surface area contributed by atoms with E-state index >= 15 is 0 Å². The normalized spacial score (nSPS) is 10.8. The van der Waals surface area contributed by atoms with Crippen LogP contribution in [0.15, 0.2) is 66.1 Å². The molecule has 0 atom stereocenters. The number of hydrogen-bond acceptors (Lipinski definition) is 4. The highest BCUT2D eigenvalue weighted by molar-refractivity contribution is 7.99. The Morgan fingerprint density at radius 3 is 2.70 bits per heavy atom. The lowest BCUT2D eigenvalue weighted by molar-refractivity contribution is -0.113. The van der Waals surface area contributed by atoms with Crippen molar-refractivity contribution in [1.29, 1.82) is 0 Å². The molecule has 156 valence electrons. The van der Waals surface area contributed by atoms with Crippen molar-refractivity contribution < 1.29 is 9.59 Å². The van der Waals surface area contributed by atoms with E-state index < -0.39 is 0 Å². The monoisotopic (exact) mass is 422 g/mol. The predicted molar refractivity (Wildman–Crippen MR) is 121 cm³/mol. The fourth-order valence-electron chi connectivity index (χ4n) is 3.10. The highest BCUT2D eigenvalue weighted by Crippen LogP contribution is 2.27. The van der Waals surface area contributed by atoms with Gasteiger partial charge in [-0.15, -0.1) is 0 Å². The summed E-state index contributed by atoms with van der Waals surface area (Å²) in [5.74, 6) is 0.280. The standard InChI is InChI=1S/C23H26N4O2S/c1-4-24-22(29)17-8-7-9-18(14-17)26-21(28)15-30-23-25-12-13-27(23)20-11-6-5-10-19(20)16(2)3/h5-14,16H,4,15H2,1-3H3,(H,24,29)(H,26,28). The van der Waals surface area contributed by atoms with Gasteiger partial charge >= 0.3 is 0 Å². The molecule has 2 amide bonds. The zero-order valence-electron chi connectivity index (χ0n) is 17.4. The molecule has 0 radical (unpaired) electrons. The van der Waals surface area contributed by atoms with E-state index in [0.29, 0.717) is 23.7 Å². The van der Waals surface area contributed by atoms with Crippen LogP contribution in [0.5, 0.6) is 0 Å². The van der Waals surface area contributed by atoms with E-state index in [0.717, 1.165) is 10.8 Å². The molecule has 6 nitrogen and oxygen atoms in total. The number of carbonyl (C=O) groups excluding carboxylic acids is 2. The van der Waals surface area contributed by atoms with Gasteiger partial charge in [0.1, 0.15) is 0 Å². The Bertz CT molecular complexity index is 1030. The number of amides is 2. The number of nitrogens with one attached hydrogen (secondary N) is 2. The van der Waals surface area contributed by atoms with Crippen LogP contribution in [0, 0.1) is 0 Å². The second kappa shape index (κ2) is 10.1. The van der Waals surface area contributed by atoms with Crippen LogP contribution in [0.2, 0.25) is 0 Å². The van der Waals surface area contributed by atoms with Crippen LogP contribution in [0.4, 0.5) is 5.69 Å². The fraction of sp³-hybridized carbons (Fsp3) is 0.261. The van der Waals surface area contributed by atoms with Gasteiger partial charge in [0.2, 0.25) is 5.91 Å². The lowest BCUT2D eigenvalue weighted by Gasteiger charge is -2.15. The summed E-state index contributed by atoms with van der Waals surface area (Å²) < 4.78 is 2.02. The number of para-hydroxylation sites is 1. The van der Waals surface area contributed by atoms with Gasteiger partial charge in [0, 0.05) is 30.2 Å². The Hall–Kier alpha value is -3.06. The lowest BCUT2D eigenvalue weighted by atomic mass is 10.0.